The van der Waals surface area contributed by atoms with Gasteiger partial charge in [0.1, 0.15) is 0 Å². The molecule has 1 rings (SSSR count). The molecule has 4 nitrogen and oxygen atoms in total. The van der Waals surface area contributed by atoms with Gasteiger partial charge >= 0.3 is 29.6 Å². The van der Waals surface area contributed by atoms with E-state index in [1.54, 1.807) is 18.2 Å². The molecule has 0 fully saturated rings. The zero-order valence-corrected chi connectivity index (χ0v) is 11.7. The van der Waals surface area contributed by atoms with Crippen LogP contribution in [0.1, 0.15) is 18.9 Å². The van der Waals surface area contributed by atoms with Crippen LogP contribution in [0, 0.1) is 0 Å². The molecule has 0 unspecified atom stereocenters. The maximum absolute atomic E-state index is 10.5. The van der Waals surface area contributed by atoms with Crippen molar-refractivity contribution in [2.75, 3.05) is 4.72 Å². The minimum absolute atomic E-state index is 0. The topological polar surface area (TPSA) is 69.2 Å². The van der Waals surface area contributed by atoms with Gasteiger partial charge in [-0.2, -0.15) is 0 Å². The Hall–Kier alpha value is -0.0700. The van der Waals surface area contributed by atoms with Gasteiger partial charge in [-0.05, 0) is 18.1 Å². The maximum Gasteiger partial charge on any atom is 1.00 e. The fourth-order valence-corrected chi connectivity index (χ4v) is 1.71. The van der Waals surface area contributed by atoms with Gasteiger partial charge in [0.25, 0.3) is 0 Å². The van der Waals surface area contributed by atoms with Crippen molar-refractivity contribution < 1.29 is 42.5 Å². The SMILES string of the molecule is CCCc1ccccc1NS(=O)(=O)[O-].[Na+]. The van der Waals surface area contributed by atoms with E-state index < -0.39 is 10.3 Å². The number of anilines is 1. The van der Waals surface area contributed by atoms with E-state index in [2.05, 4.69) is 0 Å². The Bertz CT molecular complexity index is 406. The summed E-state index contributed by atoms with van der Waals surface area (Å²) < 4.78 is 33.4. The first-order valence-corrected chi connectivity index (χ1v) is 5.75. The Labute approximate surface area is 112 Å². The molecule has 0 aliphatic rings. The first-order chi connectivity index (χ1) is 6.53. The second-order valence-electron chi connectivity index (χ2n) is 2.96. The molecule has 0 saturated carbocycles. The second-order valence-corrected chi connectivity index (χ2v) is 4.08. The summed E-state index contributed by atoms with van der Waals surface area (Å²) in [5.74, 6) is 0. The summed E-state index contributed by atoms with van der Waals surface area (Å²) in [6.45, 7) is 1.99. The third kappa shape index (κ3) is 5.53. The standard InChI is InChI=1S/C9H13NO3S.Na/c1-2-5-8-6-3-4-7-9(8)10-14(11,12)13;/h3-4,6-7,10H,2,5H2,1H3,(H,11,12,13);/q;+1/p-1. The Morgan fingerprint density at radius 1 is 1.33 bits per heavy atom. The predicted molar refractivity (Wildman–Crippen MR) is 53.8 cm³/mol. The van der Waals surface area contributed by atoms with Gasteiger partial charge in [0.05, 0.1) is 5.69 Å². The molecule has 15 heavy (non-hydrogen) atoms. The van der Waals surface area contributed by atoms with Gasteiger partial charge in [-0.1, -0.05) is 31.5 Å². The fourth-order valence-electron chi connectivity index (χ4n) is 1.24. The number of para-hydroxylation sites is 1. The molecule has 6 heteroatoms. The molecule has 0 saturated heterocycles. The Morgan fingerprint density at radius 3 is 2.47 bits per heavy atom. The van der Waals surface area contributed by atoms with Crippen LogP contribution < -0.4 is 34.3 Å². The Balaban J connectivity index is 0.00000196. The van der Waals surface area contributed by atoms with Crippen molar-refractivity contribution in [1.82, 2.24) is 0 Å². The summed E-state index contributed by atoms with van der Waals surface area (Å²) in [5, 5.41) is 0. The van der Waals surface area contributed by atoms with Crippen LogP contribution in [0.4, 0.5) is 5.69 Å². The van der Waals surface area contributed by atoms with Crippen LogP contribution in [-0.2, 0) is 16.7 Å². The number of hydrogen-bond donors (Lipinski definition) is 1. The van der Waals surface area contributed by atoms with E-state index in [1.165, 1.54) is 0 Å². The number of hydrogen-bond acceptors (Lipinski definition) is 3. The largest absolute Gasteiger partial charge is 1.00 e. The first kappa shape index (κ1) is 14.9. The van der Waals surface area contributed by atoms with Crippen molar-refractivity contribution in [2.45, 2.75) is 19.8 Å². The molecule has 1 N–H and O–H groups in total. The van der Waals surface area contributed by atoms with Crippen LogP contribution in [0.2, 0.25) is 0 Å². The van der Waals surface area contributed by atoms with E-state index in [4.69, 9.17) is 0 Å². The van der Waals surface area contributed by atoms with Crippen LogP contribution in [-0.4, -0.2) is 13.0 Å². The number of rotatable bonds is 4. The minimum atomic E-state index is -4.42. The molecule has 0 heterocycles. The van der Waals surface area contributed by atoms with E-state index in [0.29, 0.717) is 5.69 Å². The average molecular weight is 237 g/mol. The fraction of sp³-hybridized carbons (Fsp3) is 0.333. The van der Waals surface area contributed by atoms with Gasteiger partial charge < -0.3 is 4.55 Å². The van der Waals surface area contributed by atoms with E-state index in [0.717, 1.165) is 18.4 Å². The van der Waals surface area contributed by atoms with Crippen molar-refractivity contribution in [3.63, 3.8) is 0 Å². The minimum Gasteiger partial charge on any atom is -0.731 e. The van der Waals surface area contributed by atoms with E-state index in [9.17, 15) is 13.0 Å². The zero-order valence-electron chi connectivity index (χ0n) is 8.86. The van der Waals surface area contributed by atoms with E-state index in [-0.39, 0.29) is 29.6 Å². The van der Waals surface area contributed by atoms with Crippen LogP contribution in [0.3, 0.4) is 0 Å². The van der Waals surface area contributed by atoms with Crippen molar-refractivity contribution >= 4 is 16.0 Å². The van der Waals surface area contributed by atoms with Crippen LogP contribution in [0.5, 0.6) is 0 Å². The van der Waals surface area contributed by atoms with Gasteiger partial charge in [-0.25, -0.2) is 8.42 Å². The molecule has 0 aromatic heterocycles. The molecule has 78 valence electrons. The van der Waals surface area contributed by atoms with Crippen LogP contribution >= 0.6 is 0 Å². The maximum atomic E-state index is 10.5. The quantitative estimate of drug-likeness (QED) is 0.512. The molecule has 0 bridgehead atoms. The van der Waals surface area contributed by atoms with E-state index >= 15 is 0 Å². The molecule has 0 aliphatic heterocycles. The van der Waals surface area contributed by atoms with Gasteiger partial charge in [0.15, 0.2) is 10.3 Å². The number of benzene rings is 1. The first-order valence-electron chi connectivity index (χ1n) is 4.34. The third-order valence-corrected chi connectivity index (χ3v) is 2.24. The molecule has 0 aliphatic carbocycles. The van der Waals surface area contributed by atoms with Gasteiger partial charge in [-0.15, -0.1) is 0 Å². The summed E-state index contributed by atoms with van der Waals surface area (Å²) in [5.41, 5.74) is 1.22. The third-order valence-electron chi connectivity index (χ3n) is 1.77. The summed E-state index contributed by atoms with van der Waals surface area (Å²) >= 11 is 0. The molecular weight excluding hydrogens is 225 g/mol. The molecule has 0 amide bonds. The monoisotopic (exact) mass is 237 g/mol. The summed E-state index contributed by atoms with van der Waals surface area (Å²) in [6.07, 6.45) is 1.65. The molecule has 0 spiro atoms. The molecule has 0 atom stereocenters. The molecule has 1 aromatic rings. The molecule has 1 aromatic carbocycles. The number of aryl methyl sites for hydroxylation is 1. The van der Waals surface area contributed by atoms with Crippen molar-refractivity contribution in [1.29, 1.82) is 0 Å². The van der Waals surface area contributed by atoms with Crippen molar-refractivity contribution in [3.8, 4) is 0 Å². The van der Waals surface area contributed by atoms with Gasteiger partial charge in [-0.3, -0.25) is 4.72 Å². The Morgan fingerprint density at radius 2 is 1.93 bits per heavy atom. The summed E-state index contributed by atoms with van der Waals surface area (Å²) in [7, 11) is -4.42. The van der Waals surface area contributed by atoms with Gasteiger partial charge in [0, 0.05) is 0 Å². The van der Waals surface area contributed by atoms with Gasteiger partial charge in [0.2, 0.25) is 0 Å². The molecular formula is C9H12NNaO3S. The van der Waals surface area contributed by atoms with Crippen molar-refractivity contribution in [2.24, 2.45) is 0 Å². The zero-order chi connectivity index (χ0) is 10.6. The second kappa shape index (κ2) is 6.50. The Kier molecular flexibility index (Phi) is 6.47. The number of nitrogens with one attached hydrogen (secondary N) is 1. The molecule has 0 radical (unpaired) electrons. The van der Waals surface area contributed by atoms with Crippen LogP contribution in [0.25, 0.3) is 0 Å². The van der Waals surface area contributed by atoms with E-state index in [1.807, 2.05) is 17.7 Å². The summed E-state index contributed by atoms with van der Waals surface area (Å²) in [6, 6.07) is 6.89. The normalized spacial score (nSPS) is 10.5. The summed E-state index contributed by atoms with van der Waals surface area (Å²) in [4.78, 5) is 0. The predicted octanol–water partition coefficient (Wildman–Crippen LogP) is -1.48. The average Bonchev–Trinajstić information content (AvgIpc) is 2.06. The van der Waals surface area contributed by atoms with Crippen molar-refractivity contribution in [3.05, 3.63) is 29.8 Å². The smallest absolute Gasteiger partial charge is 0.731 e. The van der Waals surface area contributed by atoms with Crippen LogP contribution in [0.15, 0.2) is 24.3 Å².